The van der Waals surface area contributed by atoms with Crippen molar-refractivity contribution in [3.63, 3.8) is 0 Å². The maximum Gasteiger partial charge on any atom is 0.350 e. The van der Waals surface area contributed by atoms with Crippen molar-refractivity contribution in [1.82, 2.24) is 0 Å². The van der Waals surface area contributed by atoms with Gasteiger partial charge in [-0.15, -0.1) is 6.42 Å². The first kappa shape index (κ1) is 32.8. The molecule has 0 spiro atoms. The van der Waals surface area contributed by atoms with Gasteiger partial charge in [-0.25, -0.2) is 14.4 Å². The van der Waals surface area contributed by atoms with Crippen LogP contribution in [0.4, 0.5) is 5.69 Å². The molecule has 2 aliphatic rings. The van der Waals surface area contributed by atoms with Crippen LogP contribution in [0.25, 0.3) is 0 Å². The highest BCUT2D eigenvalue weighted by atomic mass is 16.6. The SMILES string of the molecule is C#C[C@]1(OC(C)=O)[C@@H](O)CO[C@@H]1COC(Cc1ccc(N2CCC[C@H]2C(=O)OCC)cc1)(C(=O)OCC)C(=O)OCC. The summed E-state index contributed by atoms with van der Waals surface area (Å²) in [5.41, 5.74) is -2.86. The Morgan fingerprint density at radius 3 is 2.24 bits per heavy atom. The van der Waals surface area contributed by atoms with Gasteiger partial charge in [-0.3, -0.25) is 4.79 Å². The minimum atomic E-state index is -2.28. The van der Waals surface area contributed by atoms with Crippen molar-refractivity contribution in [2.75, 3.05) is 44.5 Å². The van der Waals surface area contributed by atoms with E-state index in [1.54, 1.807) is 45.0 Å². The van der Waals surface area contributed by atoms with Crippen LogP contribution in [0, 0.1) is 12.3 Å². The summed E-state index contributed by atoms with van der Waals surface area (Å²) in [6.07, 6.45) is 4.30. The molecule has 0 radical (unpaired) electrons. The minimum Gasteiger partial charge on any atom is -0.464 e. The van der Waals surface area contributed by atoms with Crippen molar-refractivity contribution in [2.24, 2.45) is 0 Å². The van der Waals surface area contributed by atoms with Crippen LogP contribution in [0.15, 0.2) is 24.3 Å². The fourth-order valence-corrected chi connectivity index (χ4v) is 5.19. The summed E-state index contributed by atoms with van der Waals surface area (Å²) in [7, 11) is 0. The van der Waals surface area contributed by atoms with E-state index in [0.29, 0.717) is 25.1 Å². The van der Waals surface area contributed by atoms with Crippen molar-refractivity contribution in [2.45, 2.75) is 76.4 Å². The zero-order valence-corrected chi connectivity index (χ0v) is 24.5. The molecule has 3 rings (SSSR count). The van der Waals surface area contributed by atoms with Gasteiger partial charge in [0, 0.05) is 25.6 Å². The average Bonchev–Trinajstić information content (AvgIpc) is 3.57. The van der Waals surface area contributed by atoms with Crippen molar-refractivity contribution in [3.8, 4) is 12.3 Å². The second kappa shape index (κ2) is 14.5. The Kier molecular flexibility index (Phi) is 11.3. The number of rotatable bonds is 13. The maximum atomic E-state index is 13.4. The molecule has 2 fully saturated rings. The van der Waals surface area contributed by atoms with Gasteiger partial charge >= 0.3 is 23.9 Å². The lowest BCUT2D eigenvalue weighted by molar-refractivity contribution is -0.199. The van der Waals surface area contributed by atoms with Crippen molar-refractivity contribution in [1.29, 1.82) is 0 Å². The smallest absolute Gasteiger partial charge is 0.350 e. The summed E-state index contributed by atoms with van der Waals surface area (Å²) >= 11 is 0. The van der Waals surface area contributed by atoms with Crippen molar-refractivity contribution < 1.29 is 52.7 Å². The van der Waals surface area contributed by atoms with Crippen LogP contribution < -0.4 is 4.90 Å². The van der Waals surface area contributed by atoms with Crippen molar-refractivity contribution in [3.05, 3.63) is 29.8 Å². The third-order valence-electron chi connectivity index (χ3n) is 7.19. The summed E-state index contributed by atoms with van der Waals surface area (Å²) in [5, 5.41) is 10.5. The topological polar surface area (TPSA) is 147 Å². The highest BCUT2D eigenvalue weighted by Crippen LogP contribution is 2.33. The summed E-state index contributed by atoms with van der Waals surface area (Å²) in [5.74, 6) is -0.741. The summed E-state index contributed by atoms with van der Waals surface area (Å²) in [6, 6.07) is 6.61. The second-order valence-electron chi connectivity index (χ2n) is 9.89. The highest BCUT2D eigenvalue weighted by Gasteiger charge is 2.57. The Bertz CT molecular complexity index is 1140. The first-order valence-corrected chi connectivity index (χ1v) is 14.1. The largest absolute Gasteiger partial charge is 0.464 e. The highest BCUT2D eigenvalue weighted by molar-refractivity contribution is 6.04. The molecule has 0 saturated carbocycles. The molecular weight excluding hydrogens is 550 g/mol. The van der Waals surface area contributed by atoms with E-state index in [-0.39, 0.29) is 32.2 Å². The Labute approximate surface area is 245 Å². The van der Waals surface area contributed by atoms with Crippen LogP contribution in [0.5, 0.6) is 0 Å². The lowest BCUT2D eigenvalue weighted by Crippen LogP contribution is -2.57. The Balaban J connectivity index is 1.92. The third kappa shape index (κ3) is 6.86. The van der Waals surface area contributed by atoms with Crippen LogP contribution in [0.1, 0.15) is 46.1 Å². The lowest BCUT2D eigenvalue weighted by Gasteiger charge is -2.34. The molecule has 2 saturated heterocycles. The van der Waals surface area contributed by atoms with Gasteiger partial charge in [0.25, 0.3) is 5.60 Å². The number of benzene rings is 1. The molecule has 12 nitrogen and oxygen atoms in total. The molecule has 4 atom stereocenters. The lowest BCUT2D eigenvalue weighted by atomic mass is 9.91. The fourth-order valence-electron chi connectivity index (χ4n) is 5.19. The van der Waals surface area contributed by atoms with E-state index < -0.39 is 54.0 Å². The zero-order chi connectivity index (χ0) is 30.9. The average molecular weight is 590 g/mol. The number of aliphatic hydroxyl groups excluding tert-OH is 1. The van der Waals surface area contributed by atoms with Crippen molar-refractivity contribution >= 4 is 29.6 Å². The molecule has 0 aliphatic carbocycles. The number of terminal acetylenes is 1. The number of hydrogen-bond acceptors (Lipinski definition) is 12. The van der Waals surface area contributed by atoms with E-state index in [2.05, 4.69) is 5.92 Å². The molecule has 2 aliphatic heterocycles. The minimum absolute atomic E-state index is 0.0487. The van der Waals surface area contributed by atoms with E-state index in [1.807, 2.05) is 4.90 Å². The summed E-state index contributed by atoms with van der Waals surface area (Å²) < 4.78 is 32.6. The molecule has 0 bridgehead atoms. The maximum absolute atomic E-state index is 13.4. The van der Waals surface area contributed by atoms with Crippen LogP contribution in [0.2, 0.25) is 0 Å². The monoisotopic (exact) mass is 589 g/mol. The first-order valence-electron chi connectivity index (χ1n) is 14.1. The third-order valence-corrected chi connectivity index (χ3v) is 7.19. The molecule has 1 aromatic rings. The van der Waals surface area contributed by atoms with Gasteiger partial charge in [0.2, 0.25) is 5.60 Å². The number of hydrogen-bond donors (Lipinski definition) is 1. The van der Waals surface area contributed by atoms with Crippen LogP contribution in [-0.4, -0.2) is 98.0 Å². The van der Waals surface area contributed by atoms with Gasteiger partial charge in [0.15, 0.2) is 0 Å². The van der Waals surface area contributed by atoms with Gasteiger partial charge in [-0.2, -0.15) is 0 Å². The van der Waals surface area contributed by atoms with E-state index in [0.717, 1.165) is 19.0 Å². The number of aliphatic hydroxyl groups is 1. The van der Waals surface area contributed by atoms with Crippen LogP contribution in [-0.2, 0) is 54.0 Å². The van der Waals surface area contributed by atoms with E-state index in [9.17, 15) is 24.3 Å². The molecule has 1 N–H and O–H groups in total. The Hall–Kier alpha value is -3.66. The molecule has 12 heteroatoms. The molecule has 230 valence electrons. The molecule has 0 unspecified atom stereocenters. The Morgan fingerprint density at radius 2 is 1.69 bits per heavy atom. The number of carbonyl (C=O) groups excluding carboxylic acids is 4. The van der Waals surface area contributed by atoms with Gasteiger partial charge in [-0.05, 0) is 51.3 Å². The normalized spacial score (nSPS) is 23.6. The summed E-state index contributed by atoms with van der Waals surface area (Å²) in [6.45, 7) is 6.15. The number of esters is 4. The van der Waals surface area contributed by atoms with Crippen LogP contribution in [0.3, 0.4) is 0 Å². The van der Waals surface area contributed by atoms with E-state index in [4.69, 9.17) is 34.8 Å². The molecule has 2 heterocycles. The molecule has 0 aromatic heterocycles. The number of carbonyl (C=O) groups is 4. The van der Waals surface area contributed by atoms with Gasteiger partial charge in [0.05, 0.1) is 33.0 Å². The first-order chi connectivity index (χ1) is 20.1. The second-order valence-corrected chi connectivity index (χ2v) is 9.89. The van der Waals surface area contributed by atoms with Gasteiger partial charge in [0.1, 0.15) is 18.2 Å². The number of ether oxygens (including phenoxy) is 6. The van der Waals surface area contributed by atoms with Gasteiger partial charge in [-0.1, -0.05) is 18.1 Å². The van der Waals surface area contributed by atoms with Crippen LogP contribution >= 0.6 is 0 Å². The fraction of sp³-hybridized carbons (Fsp3) is 0.600. The molecule has 42 heavy (non-hydrogen) atoms. The quantitative estimate of drug-likeness (QED) is 0.153. The van der Waals surface area contributed by atoms with E-state index in [1.165, 1.54) is 0 Å². The summed E-state index contributed by atoms with van der Waals surface area (Å²) in [4.78, 5) is 53.0. The number of nitrogens with zero attached hydrogens (tertiary/aromatic N) is 1. The zero-order valence-electron chi connectivity index (χ0n) is 24.5. The molecule has 0 amide bonds. The predicted molar refractivity (Wildman–Crippen MR) is 148 cm³/mol. The Morgan fingerprint density at radius 1 is 1.07 bits per heavy atom. The number of anilines is 1. The molecule has 1 aromatic carbocycles. The van der Waals surface area contributed by atoms with E-state index >= 15 is 0 Å². The standard InChI is InChI=1S/C30H39NO11/c1-6-29(42-20(5)32)24(33)18-40-25(29)19-41-30(27(35)38-8-3,28(36)39-9-4)17-21-12-14-22(15-13-21)31-16-10-11-23(31)26(34)37-7-2/h1,12-15,23-25,33H,7-11,16-19H2,2-5H3/t23-,24-,25+,29-/m0/s1. The van der Waals surface area contributed by atoms with Gasteiger partial charge < -0.3 is 38.4 Å². The molecular formula is C30H39NO11. The predicted octanol–water partition coefficient (Wildman–Crippen LogP) is 1.34.